The van der Waals surface area contributed by atoms with E-state index in [1.165, 1.54) is 0 Å². The Labute approximate surface area is 58.7 Å². The van der Waals surface area contributed by atoms with Gasteiger partial charge in [0, 0.05) is 6.20 Å². The van der Waals surface area contributed by atoms with Crippen LogP contribution in [0, 0.1) is 0 Å². The van der Waals surface area contributed by atoms with Crippen molar-refractivity contribution < 1.29 is 9.68 Å². The average Bonchev–Trinajstić information content (AvgIpc) is 2.59. The van der Waals surface area contributed by atoms with E-state index in [2.05, 4.69) is 11.4 Å². The zero-order chi connectivity index (χ0) is 6.81. The molecule has 1 unspecified atom stereocenters. The van der Waals surface area contributed by atoms with Gasteiger partial charge >= 0.3 is 0 Å². The van der Waals surface area contributed by atoms with Crippen LogP contribution in [0.1, 0.15) is 0 Å². The quantitative estimate of drug-likeness (QED) is 0.513. The van der Waals surface area contributed by atoms with Crippen molar-refractivity contribution in [1.82, 2.24) is 5.06 Å². The third-order valence-corrected chi connectivity index (χ3v) is 1.38. The minimum absolute atomic E-state index is 0.0405. The number of nitrogens with zero attached hydrogens (tertiary/aromatic N) is 2. The summed E-state index contributed by atoms with van der Waals surface area (Å²) in [4.78, 5) is 9.88. The normalized spacial score (nSPS) is 29.6. The van der Waals surface area contributed by atoms with Gasteiger partial charge in [-0.05, 0) is 6.08 Å². The van der Waals surface area contributed by atoms with E-state index < -0.39 is 0 Å². The first-order valence-corrected chi connectivity index (χ1v) is 3.12. The van der Waals surface area contributed by atoms with Crippen molar-refractivity contribution >= 4 is 6.21 Å². The SMILES string of the molecule is [C]1=NOCC1N1C=CCO1. The van der Waals surface area contributed by atoms with Gasteiger partial charge in [0.2, 0.25) is 0 Å². The predicted octanol–water partition coefficient (Wildman–Crippen LogP) is 0.00890. The maximum absolute atomic E-state index is 5.16. The molecule has 0 N–H and O–H groups in total. The fraction of sp³-hybridized carbons (Fsp3) is 0.500. The van der Waals surface area contributed by atoms with Gasteiger partial charge in [-0.1, -0.05) is 5.16 Å². The first-order valence-electron chi connectivity index (χ1n) is 3.12. The lowest BCUT2D eigenvalue weighted by molar-refractivity contribution is -0.110. The summed E-state index contributed by atoms with van der Waals surface area (Å²) in [6, 6.07) is 0.0405. The van der Waals surface area contributed by atoms with Gasteiger partial charge in [-0.3, -0.25) is 4.84 Å². The smallest absolute Gasteiger partial charge is 0.145 e. The minimum atomic E-state index is 0.0405. The van der Waals surface area contributed by atoms with Crippen LogP contribution < -0.4 is 0 Å². The number of hydrogen-bond acceptors (Lipinski definition) is 4. The zero-order valence-electron chi connectivity index (χ0n) is 5.36. The van der Waals surface area contributed by atoms with Crippen LogP contribution in [0.25, 0.3) is 0 Å². The van der Waals surface area contributed by atoms with Gasteiger partial charge in [0.15, 0.2) is 0 Å². The molecule has 4 nitrogen and oxygen atoms in total. The van der Waals surface area contributed by atoms with Crippen molar-refractivity contribution in [1.29, 1.82) is 0 Å². The summed E-state index contributed by atoms with van der Waals surface area (Å²) in [5.41, 5.74) is 0. The van der Waals surface area contributed by atoms with Crippen molar-refractivity contribution in [2.75, 3.05) is 13.2 Å². The highest BCUT2D eigenvalue weighted by Gasteiger charge is 2.21. The second-order valence-corrected chi connectivity index (χ2v) is 2.07. The number of rotatable bonds is 1. The lowest BCUT2D eigenvalue weighted by Crippen LogP contribution is -2.30. The molecular weight excluding hydrogens is 132 g/mol. The molecule has 1 radical (unpaired) electrons. The molecule has 2 heterocycles. The van der Waals surface area contributed by atoms with Crippen molar-refractivity contribution in [3.8, 4) is 0 Å². The fourth-order valence-corrected chi connectivity index (χ4v) is 0.887. The second-order valence-electron chi connectivity index (χ2n) is 2.07. The average molecular weight is 139 g/mol. The molecule has 53 valence electrons. The Morgan fingerprint density at radius 2 is 2.70 bits per heavy atom. The van der Waals surface area contributed by atoms with Crippen LogP contribution in [0.2, 0.25) is 0 Å². The van der Waals surface area contributed by atoms with E-state index in [0.29, 0.717) is 13.2 Å². The summed E-state index contributed by atoms with van der Waals surface area (Å²) < 4.78 is 0. The summed E-state index contributed by atoms with van der Waals surface area (Å²) in [5.74, 6) is 0. The first-order chi connectivity index (χ1) is 4.97. The third-order valence-electron chi connectivity index (χ3n) is 1.38. The molecule has 4 heteroatoms. The molecular formula is C6H7N2O2. The fourth-order valence-electron chi connectivity index (χ4n) is 0.887. The van der Waals surface area contributed by atoms with Crippen LogP contribution in [0.4, 0.5) is 0 Å². The van der Waals surface area contributed by atoms with Crippen molar-refractivity contribution in [2.24, 2.45) is 5.16 Å². The highest BCUT2D eigenvalue weighted by molar-refractivity contribution is 5.65. The van der Waals surface area contributed by atoms with E-state index in [1.807, 2.05) is 12.3 Å². The van der Waals surface area contributed by atoms with E-state index in [-0.39, 0.29) is 6.04 Å². The van der Waals surface area contributed by atoms with Gasteiger partial charge in [0.25, 0.3) is 0 Å². The Morgan fingerprint density at radius 1 is 1.70 bits per heavy atom. The first kappa shape index (κ1) is 5.73. The van der Waals surface area contributed by atoms with Gasteiger partial charge in [-0.2, -0.15) is 0 Å². The summed E-state index contributed by atoms with van der Waals surface area (Å²) >= 11 is 0. The monoisotopic (exact) mass is 139 g/mol. The van der Waals surface area contributed by atoms with Crippen molar-refractivity contribution in [3.63, 3.8) is 0 Å². The Balaban J connectivity index is 1.98. The van der Waals surface area contributed by atoms with Gasteiger partial charge in [-0.25, -0.2) is 5.06 Å². The van der Waals surface area contributed by atoms with E-state index in [9.17, 15) is 0 Å². The zero-order valence-corrected chi connectivity index (χ0v) is 5.36. The summed E-state index contributed by atoms with van der Waals surface area (Å²) in [6.07, 6.45) is 6.54. The molecule has 2 rings (SSSR count). The van der Waals surface area contributed by atoms with Gasteiger partial charge in [0.1, 0.15) is 18.9 Å². The van der Waals surface area contributed by atoms with E-state index in [1.54, 1.807) is 5.06 Å². The van der Waals surface area contributed by atoms with Crippen LogP contribution in [0.5, 0.6) is 0 Å². The topological polar surface area (TPSA) is 34.1 Å². The van der Waals surface area contributed by atoms with Crippen molar-refractivity contribution in [3.05, 3.63) is 12.3 Å². The molecule has 0 spiro atoms. The molecule has 0 bridgehead atoms. The lowest BCUT2D eigenvalue weighted by atomic mass is 10.3. The molecule has 0 saturated carbocycles. The van der Waals surface area contributed by atoms with Gasteiger partial charge in [0.05, 0.1) is 6.61 Å². The lowest BCUT2D eigenvalue weighted by Gasteiger charge is -2.16. The Kier molecular flexibility index (Phi) is 1.32. The number of hydroxylamine groups is 2. The number of hydrogen-bond donors (Lipinski definition) is 0. The standard InChI is InChI=1S/C6H7N2O2/c1-2-8(10-3-1)6-4-7-9-5-6/h1-2,6H,3,5H2. The minimum Gasteiger partial charge on any atom is -0.393 e. The predicted molar refractivity (Wildman–Crippen MR) is 34.1 cm³/mol. The van der Waals surface area contributed by atoms with Crippen LogP contribution >= 0.6 is 0 Å². The summed E-state index contributed by atoms with van der Waals surface area (Å²) in [6.45, 7) is 1.17. The third kappa shape index (κ3) is 0.863. The molecule has 0 saturated heterocycles. The molecule has 0 aromatic heterocycles. The Morgan fingerprint density at radius 3 is 3.30 bits per heavy atom. The van der Waals surface area contributed by atoms with Crippen LogP contribution in [0.3, 0.4) is 0 Å². The highest BCUT2D eigenvalue weighted by Crippen LogP contribution is 2.09. The molecule has 0 aromatic rings. The highest BCUT2D eigenvalue weighted by atomic mass is 16.7. The summed E-state index contributed by atoms with van der Waals surface area (Å²) in [7, 11) is 0. The largest absolute Gasteiger partial charge is 0.393 e. The van der Waals surface area contributed by atoms with E-state index in [0.717, 1.165) is 0 Å². The Bertz CT molecular complexity index is 159. The molecule has 2 aliphatic rings. The Hall–Kier alpha value is -1.03. The molecule has 0 amide bonds. The maximum atomic E-state index is 5.16. The molecule has 1 atom stereocenters. The summed E-state index contributed by atoms with van der Waals surface area (Å²) in [5, 5.41) is 5.19. The molecule has 10 heavy (non-hydrogen) atoms. The van der Waals surface area contributed by atoms with Crippen LogP contribution in [-0.4, -0.2) is 30.5 Å². The molecule has 0 fully saturated rings. The van der Waals surface area contributed by atoms with E-state index >= 15 is 0 Å². The molecule has 0 aliphatic carbocycles. The van der Waals surface area contributed by atoms with Crippen molar-refractivity contribution in [2.45, 2.75) is 6.04 Å². The van der Waals surface area contributed by atoms with E-state index in [4.69, 9.17) is 9.68 Å². The maximum Gasteiger partial charge on any atom is 0.145 e. The van der Waals surface area contributed by atoms with Gasteiger partial charge < -0.3 is 4.84 Å². The molecule has 0 aromatic carbocycles. The second kappa shape index (κ2) is 2.30. The molecule has 2 aliphatic heterocycles. The van der Waals surface area contributed by atoms with Gasteiger partial charge in [-0.15, -0.1) is 0 Å². The van der Waals surface area contributed by atoms with Crippen LogP contribution in [0.15, 0.2) is 17.4 Å². The van der Waals surface area contributed by atoms with Crippen LogP contribution in [-0.2, 0) is 9.68 Å².